The SMILES string of the molecule is CC(C1CC1)N(C)CC(=O)N1c2ccccc2NC(=O)C12CCCC2. The summed E-state index contributed by atoms with van der Waals surface area (Å²) in [5.74, 6) is 0.740. The molecule has 5 heteroatoms. The Labute approximate surface area is 149 Å². The van der Waals surface area contributed by atoms with Crippen LogP contribution in [0.15, 0.2) is 24.3 Å². The summed E-state index contributed by atoms with van der Waals surface area (Å²) in [6.45, 7) is 2.56. The number of carbonyl (C=O) groups excluding carboxylic acids is 2. The Kier molecular flexibility index (Phi) is 4.07. The standard InChI is InChI=1S/C20H27N3O2/c1-14(15-9-10-15)22(2)13-18(24)23-17-8-4-3-7-16(17)21-19(25)20(23)11-5-6-12-20/h3-4,7-8,14-15H,5-6,9-13H2,1-2H3,(H,21,25). The fourth-order valence-corrected chi connectivity index (χ4v) is 4.50. The zero-order chi connectivity index (χ0) is 17.6. The molecule has 0 saturated heterocycles. The van der Waals surface area contributed by atoms with E-state index in [9.17, 15) is 9.59 Å². The predicted octanol–water partition coefficient (Wildman–Crippen LogP) is 3.01. The van der Waals surface area contributed by atoms with Gasteiger partial charge in [0.15, 0.2) is 0 Å². The summed E-state index contributed by atoms with van der Waals surface area (Å²) < 4.78 is 0. The number of hydrogen-bond acceptors (Lipinski definition) is 3. The number of fused-ring (bicyclic) bond motifs is 1. The molecule has 25 heavy (non-hydrogen) atoms. The van der Waals surface area contributed by atoms with Crippen LogP contribution in [0.5, 0.6) is 0 Å². The van der Waals surface area contributed by atoms with E-state index in [0.29, 0.717) is 12.6 Å². The average Bonchev–Trinajstić information content (AvgIpc) is 3.34. The Balaban J connectivity index is 1.66. The van der Waals surface area contributed by atoms with E-state index in [0.717, 1.165) is 43.0 Å². The monoisotopic (exact) mass is 341 g/mol. The van der Waals surface area contributed by atoms with Gasteiger partial charge in [-0.15, -0.1) is 0 Å². The molecule has 0 radical (unpaired) electrons. The molecule has 0 bridgehead atoms. The van der Waals surface area contributed by atoms with E-state index in [1.165, 1.54) is 12.8 Å². The van der Waals surface area contributed by atoms with Crippen molar-refractivity contribution in [1.29, 1.82) is 0 Å². The molecule has 1 aromatic rings. The lowest BCUT2D eigenvalue weighted by atomic mass is 9.89. The topological polar surface area (TPSA) is 52.7 Å². The summed E-state index contributed by atoms with van der Waals surface area (Å²) in [6.07, 6.45) is 6.01. The highest BCUT2D eigenvalue weighted by Gasteiger charge is 2.52. The van der Waals surface area contributed by atoms with Crippen LogP contribution in [0.25, 0.3) is 0 Å². The van der Waals surface area contributed by atoms with Gasteiger partial charge >= 0.3 is 0 Å². The Bertz CT molecular complexity index is 692. The molecular weight excluding hydrogens is 314 g/mol. The third-order valence-electron chi connectivity index (χ3n) is 6.31. The minimum absolute atomic E-state index is 0.0186. The van der Waals surface area contributed by atoms with Gasteiger partial charge in [-0.25, -0.2) is 0 Å². The van der Waals surface area contributed by atoms with Crippen LogP contribution in [0, 0.1) is 5.92 Å². The van der Waals surface area contributed by atoms with Crippen LogP contribution in [0.3, 0.4) is 0 Å². The van der Waals surface area contributed by atoms with E-state index >= 15 is 0 Å². The summed E-state index contributed by atoms with van der Waals surface area (Å²) >= 11 is 0. The van der Waals surface area contributed by atoms with E-state index in [1.54, 1.807) is 0 Å². The minimum Gasteiger partial charge on any atom is -0.322 e. The number of amides is 2. The average molecular weight is 341 g/mol. The molecule has 1 spiro atoms. The first-order valence-corrected chi connectivity index (χ1v) is 9.47. The smallest absolute Gasteiger partial charge is 0.250 e. The van der Waals surface area contributed by atoms with Gasteiger partial charge in [-0.3, -0.25) is 19.4 Å². The Morgan fingerprint density at radius 2 is 2.00 bits per heavy atom. The number of nitrogens with one attached hydrogen (secondary N) is 1. The third-order valence-corrected chi connectivity index (χ3v) is 6.31. The quantitative estimate of drug-likeness (QED) is 0.916. The molecule has 0 aromatic heterocycles. The highest BCUT2D eigenvalue weighted by atomic mass is 16.2. The van der Waals surface area contributed by atoms with Crippen molar-refractivity contribution in [1.82, 2.24) is 4.90 Å². The Morgan fingerprint density at radius 1 is 1.32 bits per heavy atom. The summed E-state index contributed by atoms with van der Waals surface area (Å²) in [6, 6.07) is 8.09. The van der Waals surface area contributed by atoms with Gasteiger partial charge in [-0.05, 0) is 57.7 Å². The molecule has 1 atom stereocenters. The van der Waals surface area contributed by atoms with Crippen molar-refractivity contribution in [2.45, 2.75) is 57.0 Å². The number of anilines is 2. The van der Waals surface area contributed by atoms with Crippen LogP contribution in [-0.4, -0.2) is 41.9 Å². The van der Waals surface area contributed by atoms with Crippen molar-refractivity contribution >= 4 is 23.2 Å². The van der Waals surface area contributed by atoms with Crippen LogP contribution >= 0.6 is 0 Å². The second kappa shape index (κ2) is 6.13. The van der Waals surface area contributed by atoms with Crippen LogP contribution in [0.2, 0.25) is 0 Å². The molecule has 134 valence electrons. The van der Waals surface area contributed by atoms with Crippen molar-refractivity contribution in [3.63, 3.8) is 0 Å². The molecular formula is C20H27N3O2. The van der Waals surface area contributed by atoms with E-state index in [2.05, 4.69) is 17.1 Å². The van der Waals surface area contributed by atoms with Gasteiger partial charge in [0.1, 0.15) is 5.54 Å². The molecule has 2 amide bonds. The van der Waals surface area contributed by atoms with Crippen molar-refractivity contribution in [2.75, 3.05) is 23.8 Å². The first-order chi connectivity index (χ1) is 12.0. The van der Waals surface area contributed by atoms with Gasteiger partial charge < -0.3 is 5.32 Å². The maximum absolute atomic E-state index is 13.3. The number of carbonyl (C=O) groups is 2. The number of benzene rings is 1. The Hall–Kier alpha value is -1.88. The number of rotatable bonds is 4. The van der Waals surface area contributed by atoms with Crippen molar-refractivity contribution in [3.05, 3.63) is 24.3 Å². The first-order valence-electron chi connectivity index (χ1n) is 9.47. The molecule has 3 aliphatic rings. The summed E-state index contributed by atoms with van der Waals surface area (Å²) in [7, 11) is 2.03. The molecule has 2 aliphatic carbocycles. The van der Waals surface area contributed by atoms with Gasteiger partial charge in [0.05, 0.1) is 17.9 Å². The lowest BCUT2D eigenvalue weighted by Crippen LogP contribution is -2.62. The van der Waals surface area contributed by atoms with Gasteiger partial charge in [-0.2, -0.15) is 0 Å². The molecule has 5 nitrogen and oxygen atoms in total. The number of nitrogens with zero attached hydrogens (tertiary/aromatic N) is 2. The van der Waals surface area contributed by atoms with Gasteiger partial charge in [0.25, 0.3) is 5.91 Å². The maximum atomic E-state index is 13.3. The molecule has 1 N–H and O–H groups in total. The molecule has 4 rings (SSSR count). The van der Waals surface area contributed by atoms with E-state index in [1.807, 2.05) is 36.2 Å². The second-order valence-electron chi connectivity index (χ2n) is 7.93. The molecule has 1 unspecified atom stereocenters. The summed E-state index contributed by atoms with van der Waals surface area (Å²) in [4.78, 5) is 30.2. The fourth-order valence-electron chi connectivity index (χ4n) is 4.50. The third kappa shape index (κ3) is 2.74. The zero-order valence-corrected chi connectivity index (χ0v) is 15.1. The largest absolute Gasteiger partial charge is 0.322 e. The number of likely N-dealkylation sites (N-methyl/N-ethyl adjacent to an activating group) is 1. The highest BCUT2D eigenvalue weighted by Crippen LogP contribution is 2.45. The lowest BCUT2D eigenvalue weighted by molar-refractivity contribution is -0.128. The van der Waals surface area contributed by atoms with Crippen LogP contribution in [0.4, 0.5) is 11.4 Å². The second-order valence-corrected chi connectivity index (χ2v) is 7.93. The van der Waals surface area contributed by atoms with Crippen LogP contribution in [-0.2, 0) is 9.59 Å². The highest BCUT2D eigenvalue weighted by molar-refractivity contribution is 6.15. The van der Waals surface area contributed by atoms with E-state index < -0.39 is 5.54 Å². The molecule has 2 saturated carbocycles. The van der Waals surface area contributed by atoms with E-state index in [4.69, 9.17) is 0 Å². The predicted molar refractivity (Wildman–Crippen MR) is 98.6 cm³/mol. The van der Waals surface area contributed by atoms with Gasteiger partial charge in [-0.1, -0.05) is 25.0 Å². The minimum atomic E-state index is -0.699. The van der Waals surface area contributed by atoms with Crippen LogP contribution in [0.1, 0.15) is 45.4 Å². The maximum Gasteiger partial charge on any atom is 0.250 e. The van der Waals surface area contributed by atoms with Crippen molar-refractivity contribution < 1.29 is 9.59 Å². The number of para-hydroxylation sites is 2. The van der Waals surface area contributed by atoms with Crippen molar-refractivity contribution in [2.24, 2.45) is 5.92 Å². The summed E-state index contributed by atoms with van der Waals surface area (Å²) in [5, 5.41) is 3.04. The number of hydrogen-bond donors (Lipinski definition) is 1. The van der Waals surface area contributed by atoms with Gasteiger partial charge in [0.2, 0.25) is 5.91 Å². The molecule has 1 heterocycles. The van der Waals surface area contributed by atoms with Crippen LogP contribution < -0.4 is 10.2 Å². The van der Waals surface area contributed by atoms with E-state index in [-0.39, 0.29) is 11.8 Å². The first kappa shape index (κ1) is 16.6. The Morgan fingerprint density at radius 3 is 2.68 bits per heavy atom. The lowest BCUT2D eigenvalue weighted by Gasteiger charge is -2.45. The fraction of sp³-hybridized carbons (Fsp3) is 0.600. The molecule has 1 aromatic carbocycles. The van der Waals surface area contributed by atoms with Crippen molar-refractivity contribution in [3.8, 4) is 0 Å². The zero-order valence-electron chi connectivity index (χ0n) is 15.1. The van der Waals surface area contributed by atoms with Gasteiger partial charge in [0, 0.05) is 6.04 Å². The molecule has 2 fully saturated rings. The summed E-state index contributed by atoms with van der Waals surface area (Å²) in [5.41, 5.74) is 0.896. The normalized spacial score (nSPS) is 22.8. The molecule has 1 aliphatic heterocycles.